The molecule has 3 heterocycles. The Hall–Kier alpha value is -6.43. The molecule has 3 aromatic heterocycles. The zero-order chi connectivity index (χ0) is 40.0. The molecule has 7 aromatic carbocycles. The largest absolute Gasteiger partial charge is 0.309 e. The van der Waals surface area contributed by atoms with Crippen LogP contribution >= 0.6 is 11.3 Å². The SMILES string of the molecule is [2H]c1c([2H])c([2H])c2c(c1[2H])c1c([2H])c([2H])c([2H])c([2H])c1n2-c1ccccc1-c1nc(-c2ccccc2-c2ccccc2)nc(-c2cccc3c2sc2ccccc23)n1. The third kappa shape index (κ3) is 4.55. The molecule has 0 saturated carbocycles. The lowest BCUT2D eigenvalue weighted by Crippen LogP contribution is -2.04. The van der Waals surface area contributed by atoms with Gasteiger partial charge in [-0.2, -0.15) is 0 Å². The molecular weight excluding hydrogens is 629 g/mol. The van der Waals surface area contributed by atoms with E-state index in [9.17, 15) is 0 Å². The number of para-hydroxylation sites is 3. The average molecular weight is 665 g/mol. The van der Waals surface area contributed by atoms with Crippen LogP contribution < -0.4 is 0 Å². The third-order valence-corrected chi connectivity index (χ3v) is 10.2. The monoisotopic (exact) mass is 664 g/mol. The molecule has 50 heavy (non-hydrogen) atoms. The van der Waals surface area contributed by atoms with E-state index < -0.39 is 36.3 Å². The van der Waals surface area contributed by atoms with Crippen LogP contribution in [-0.4, -0.2) is 19.5 Å². The van der Waals surface area contributed by atoms with Gasteiger partial charge in [0.25, 0.3) is 0 Å². The van der Waals surface area contributed by atoms with Crippen molar-refractivity contribution in [3.63, 3.8) is 0 Å². The summed E-state index contributed by atoms with van der Waals surface area (Å²) in [6.07, 6.45) is 0. The van der Waals surface area contributed by atoms with Crippen molar-refractivity contribution < 1.29 is 11.0 Å². The van der Waals surface area contributed by atoms with E-state index in [0.29, 0.717) is 22.9 Å². The summed E-state index contributed by atoms with van der Waals surface area (Å²) in [5.41, 5.74) is 4.29. The van der Waals surface area contributed by atoms with Crippen molar-refractivity contribution in [3.05, 3.63) is 170 Å². The molecule has 0 bridgehead atoms. The molecule has 5 heteroatoms. The van der Waals surface area contributed by atoms with Crippen molar-refractivity contribution in [1.29, 1.82) is 0 Å². The zero-order valence-corrected chi connectivity index (χ0v) is 27.1. The quantitative estimate of drug-likeness (QED) is 0.184. The van der Waals surface area contributed by atoms with Gasteiger partial charge in [-0.3, -0.25) is 0 Å². The second kappa shape index (κ2) is 11.6. The van der Waals surface area contributed by atoms with Crippen molar-refractivity contribution in [2.45, 2.75) is 0 Å². The van der Waals surface area contributed by atoms with Gasteiger partial charge < -0.3 is 4.57 Å². The highest BCUT2D eigenvalue weighted by atomic mass is 32.1. The maximum absolute atomic E-state index is 9.12. The van der Waals surface area contributed by atoms with Crippen molar-refractivity contribution in [3.8, 4) is 51.0 Å². The molecule has 0 spiro atoms. The van der Waals surface area contributed by atoms with Crippen LogP contribution in [0.4, 0.5) is 0 Å². The van der Waals surface area contributed by atoms with Crippen LogP contribution in [0, 0.1) is 0 Å². The van der Waals surface area contributed by atoms with Crippen LogP contribution in [0.5, 0.6) is 0 Å². The standard InChI is InChI=1S/C45H28N4S/c1-2-15-29(16-3-1)30-17-4-5-21-35(30)43-46-44(48-45(47-43)37-24-14-23-34-33-20-9-13-28-41(33)50-42(34)37)36-22-8-12-27-40(36)49-38-25-10-6-18-31(38)32-19-7-11-26-39(32)49/h1-28H/i6D,7D,10D,11D,18D,19D,25D,26D. The lowest BCUT2D eigenvalue weighted by atomic mass is 9.99. The first kappa shape index (κ1) is 21.5. The summed E-state index contributed by atoms with van der Waals surface area (Å²) < 4.78 is 74.1. The Morgan fingerprint density at radius 1 is 0.440 bits per heavy atom. The number of nitrogens with zero attached hydrogens (tertiary/aromatic N) is 4. The first-order valence-electron chi connectivity index (χ1n) is 20.1. The Balaban J connectivity index is 1.32. The third-order valence-electron chi connectivity index (χ3n) is 8.95. The van der Waals surface area contributed by atoms with Crippen molar-refractivity contribution in [1.82, 2.24) is 19.5 Å². The minimum absolute atomic E-state index is 0.00643. The van der Waals surface area contributed by atoms with Gasteiger partial charge in [-0.15, -0.1) is 11.3 Å². The van der Waals surface area contributed by atoms with Crippen LogP contribution in [-0.2, 0) is 0 Å². The lowest BCUT2D eigenvalue weighted by Gasteiger charge is -2.15. The van der Waals surface area contributed by atoms with Crippen molar-refractivity contribution >= 4 is 53.3 Å². The Morgan fingerprint density at radius 2 is 0.980 bits per heavy atom. The number of hydrogen-bond donors (Lipinski definition) is 0. The Kier molecular flexibility index (Phi) is 5.00. The fourth-order valence-electron chi connectivity index (χ4n) is 6.73. The van der Waals surface area contributed by atoms with E-state index in [1.807, 2.05) is 84.9 Å². The van der Waals surface area contributed by atoms with E-state index in [2.05, 4.69) is 18.2 Å². The molecule has 0 amide bonds. The fraction of sp³-hybridized carbons (Fsp3) is 0. The number of fused-ring (bicyclic) bond motifs is 6. The summed E-state index contributed by atoms with van der Waals surface area (Å²) in [7, 11) is 0. The van der Waals surface area contributed by atoms with Gasteiger partial charge in [-0.1, -0.05) is 133 Å². The van der Waals surface area contributed by atoms with Gasteiger partial charge >= 0.3 is 0 Å². The minimum atomic E-state index is -0.503. The van der Waals surface area contributed by atoms with Gasteiger partial charge in [0.15, 0.2) is 17.5 Å². The number of hydrogen-bond acceptors (Lipinski definition) is 4. The van der Waals surface area contributed by atoms with E-state index in [-0.39, 0.29) is 39.7 Å². The van der Waals surface area contributed by atoms with E-state index >= 15 is 0 Å². The molecule has 0 fully saturated rings. The Morgan fingerprint density at radius 3 is 1.74 bits per heavy atom. The number of benzene rings is 7. The highest BCUT2D eigenvalue weighted by Crippen LogP contribution is 2.41. The summed E-state index contributed by atoms with van der Waals surface area (Å²) in [5.74, 6) is 1.08. The fourth-order valence-corrected chi connectivity index (χ4v) is 7.94. The Bertz CT molecular complexity index is 3270. The second-order valence-corrected chi connectivity index (χ2v) is 12.9. The van der Waals surface area contributed by atoms with Gasteiger partial charge in [0.2, 0.25) is 0 Å². The predicted molar refractivity (Wildman–Crippen MR) is 209 cm³/mol. The van der Waals surface area contributed by atoms with Crippen LogP contribution in [0.25, 0.3) is 93.0 Å². The van der Waals surface area contributed by atoms with Crippen LogP contribution in [0.1, 0.15) is 11.0 Å². The van der Waals surface area contributed by atoms with Gasteiger partial charge in [-0.05, 0) is 47.5 Å². The van der Waals surface area contributed by atoms with Crippen LogP contribution in [0.3, 0.4) is 0 Å². The second-order valence-electron chi connectivity index (χ2n) is 11.8. The first-order chi connectivity index (χ1) is 28.1. The molecule has 0 saturated heterocycles. The molecule has 234 valence electrons. The molecule has 0 aliphatic rings. The topological polar surface area (TPSA) is 43.6 Å². The van der Waals surface area contributed by atoms with Crippen LogP contribution in [0.2, 0.25) is 0 Å². The summed E-state index contributed by atoms with van der Waals surface area (Å²) in [6, 6.07) is 35.7. The molecule has 0 aliphatic heterocycles. The Labute approximate surface area is 303 Å². The number of thiophene rings is 1. The molecule has 0 aliphatic carbocycles. The molecule has 0 atom stereocenters. The highest BCUT2D eigenvalue weighted by molar-refractivity contribution is 7.26. The maximum atomic E-state index is 9.12. The van der Waals surface area contributed by atoms with Gasteiger partial charge in [-0.25, -0.2) is 15.0 Å². The molecule has 4 nitrogen and oxygen atoms in total. The number of rotatable bonds is 5. The number of aromatic nitrogens is 4. The smallest absolute Gasteiger partial charge is 0.166 e. The van der Waals surface area contributed by atoms with E-state index in [0.717, 1.165) is 42.4 Å². The first-order valence-corrected chi connectivity index (χ1v) is 16.9. The van der Waals surface area contributed by atoms with Gasteiger partial charge in [0, 0.05) is 47.6 Å². The van der Waals surface area contributed by atoms with Crippen LogP contribution in [0.15, 0.2) is 170 Å². The lowest BCUT2D eigenvalue weighted by molar-refractivity contribution is 1.07. The minimum Gasteiger partial charge on any atom is -0.309 e. The van der Waals surface area contributed by atoms with Gasteiger partial charge in [0.05, 0.1) is 27.7 Å². The van der Waals surface area contributed by atoms with E-state index in [1.54, 1.807) is 29.5 Å². The maximum Gasteiger partial charge on any atom is 0.166 e. The average Bonchev–Trinajstić information content (AvgIpc) is 3.83. The predicted octanol–water partition coefficient (Wildman–Crippen LogP) is 12.0. The van der Waals surface area contributed by atoms with Gasteiger partial charge in [0.1, 0.15) is 0 Å². The summed E-state index contributed by atoms with van der Waals surface area (Å²) in [4.78, 5) is 15.5. The normalized spacial score (nSPS) is 13.8. The molecule has 0 radical (unpaired) electrons. The van der Waals surface area contributed by atoms with E-state index in [1.165, 1.54) is 4.57 Å². The highest BCUT2D eigenvalue weighted by Gasteiger charge is 2.21. The summed E-state index contributed by atoms with van der Waals surface area (Å²) in [6.45, 7) is 0. The summed E-state index contributed by atoms with van der Waals surface area (Å²) >= 11 is 1.65. The summed E-state index contributed by atoms with van der Waals surface area (Å²) in [5, 5.41) is 2.18. The molecular formula is C45H28N4S. The molecule has 10 aromatic rings. The van der Waals surface area contributed by atoms with Crippen molar-refractivity contribution in [2.24, 2.45) is 0 Å². The molecule has 0 unspecified atom stereocenters. The van der Waals surface area contributed by atoms with Crippen molar-refractivity contribution in [2.75, 3.05) is 0 Å². The zero-order valence-electron chi connectivity index (χ0n) is 34.2. The molecule has 10 rings (SSSR count). The molecule has 0 N–H and O–H groups in total. The van der Waals surface area contributed by atoms with E-state index in [4.69, 9.17) is 25.9 Å².